The first kappa shape index (κ1) is 16.3. The summed E-state index contributed by atoms with van der Waals surface area (Å²) in [4.78, 5) is 12.5. The number of nitrogens with one attached hydrogen (secondary N) is 1. The number of anilines is 1. The zero-order chi connectivity index (χ0) is 17.1. The van der Waals surface area contributed by atoms with Gasteiger partial charge in [-0.05, 0) is 61.4 Å². The van der Waals surface area contributed by atoms with E-state index in [1.54, 1.807) is 25.1 Å². The average molecular weight is 340 g/mol. The van der Waals surface area contributed by atoms with Crippen LogP contribution in [0.2, 0.25) is 5.02 Å². The molecule has 0 radical (unpaired) electrons. The third kappa shape index (κ3) is 3.52. The number of carbonyl (C=O) groups is 1. The predicted octanol–water partition coefficient (Wildman–Crippen LogP) is 5.72. The Labute approximate surface area is 146 Å². The molecule has 3 nitrogen and oxygen atoms in total. The summed E-state index contributed by atoms with van der Waals surface area (Å²) >= 11 is 5.90. The van der Waals surface area contributed by atoms with E-state index < -0.39 is 0 Å². The molecule has 122 valence electrons. The number of rotatable bonds is 4. The molecule has 3 aromatic rings. The van der Waals surface area contributed by atoms with Crippen molar-refractivity contribution in [2.45, 2.75) is 20.3 Å². The van der Waals surface area contributed by atoms with Gasteiger partial charge in [-0.1, -0.05) is 30.7 Å². The van der Waals surface area contributed by atoms with Crippen molar-refractivity contribution in [3.8, 4) is 11.3 Å². The quantitative estimate of drug-likeness (QED) is 0.660. The Morgan fingerprint density at radius 2 is 1.75 bits per heavy atom. The Bertz CT molecular complexity index is 848. The van der Waals surface area contributed by atoms with Crippen molar-refractivity contribution in [1.82, 2.24) is 0 Å². The molecule has 0 unspecified atom stereocenters. The Morgan fingerprint density at radius 1 is 1.08 bits per heavy atom. The van der Waals surface area contributed by atoms with Gasteiger partial charge < -0.3 is 9.73 Å². The molecule has 0 spiro atoms. The number of hydrogen-bond donors (Lipinski definition) is 1. The van der Waals surface area contributed by atoms with Crippen LogP contribution in [0.1, 0.15) is 28.6 Å². The maximum absolute atomic E-state index is 12.5. The third-order valence-corrected chi connectivity index (χ3v) is 4.16. The van der Waals surface area contributed by atoms with E-state index in [1.807, 2.05) is 36.4 Å². The molecule has 0 fully saturated rings. The lowest BCUT2D eigenvalue weighted by Crippen LogP contribution is -2.12. The van der Waals surface area contributed by atoms with Gasteiger partial charge in [0.1, 0.15) is 11.5 Å². The average Bonchev–Trinajstić information content (AvgIpc) is 2.98. The largest absolute Gasteiger partial charge is 0.461 e. The minimum Gasteiger partial charge on any atom is -0.461 e. The highest BCUT2D eigenvalue weighted by molar-refractivity contribution is 6.30. The lowest BCUT2D eigenvalue weighted by atomic mass is 10.1. The summed E-state index contributed by atoms with van der Waals surface area (Å²) in [5.41, 5.74) is 3.41. The van der Waals surface area contributed by atoms with Gasteiger partial charge in [-0.25, -0.2) is 0 Å². The number of halogens is 1. The summed E-state index contributed by atoms with van der Waals surface area (Å²) in [5, 5.41) is 3.57. The van der Waals surface area contributed by atoms with Gasteiger partial charge in [0.2, 0.25) is 0 Å². The SMILES string of the molecule is CCc1ccc(NC(=O)c2cc(-c3ccc(Cl)cc3)oc2C)cc1. The molecule has 1 heterocycles. The van der Waals surface area contributed by atoms with Gasteiger partial charge in [-0.3, -0.25) is 4.79 Å². The van der Waals surface area contributed by atoms with Gasteiger partial charge in [0.05, 0.1) is 5.56 Å². The van der Waals surface area contributed by atoms with E-state index in [4.69, 9.17) is 16.0 Å². The first-order valence-corrected chi connectivity index (χ1v) is 8.21. The summed E-state index contributed by atoms with van der Waals surface area (Å²) in [6.45, 7) is 3.88. The van der Waals surface area contributed by atoms with Crippen molar-refractivity contribution in [2.75, 3.05) is 5.32 Å². The van der Waals surface area contributed by atoms with Gasteiger partial charge in [0.15, 0.2) is 0 Å². The van der Waals surface area contributed by atoms with Crippen LogP contribution in [-0.2, 0) is 6.42 Å². The van der Waals surface area contributed by atoms with E-state index in [2.05, 4.69) is 12.2 Å². The van der Waals surface area contributed by atoms with E-state index in [0.717, 1.165) is 17.7 Å². The number of furan rings is 1. The second-order valence-electron chi connectivity index (χ2n) is 5.59. The number of benzene rings is 2. The van der Waals surface area contributed by atoms with Gasteiger partial charge in [0, 0.05) is 16.3 Å². The molecule has 0 atom stereocenters. The first-order valence-electron chi connectivity index (χ1n) is 7.83. The highest BCUT2D eigenvalue weighted by atomic mass is 35.5. The molecular formula is C20H18ClNO2. The Morgan fingerprint density at radius 3 is 2.38 bits per heavy atom. The van der Waals surface area contributed by atoms with Crippen molar-refractivity contribution in [3.05, 3.63) is 76.5 Å². The van der Waals surface area contributed by atoms with Crippen molar-refractivity contribution in [1.29, 1.82) is 0 Å². The molecule has 0 saturated carbocycles. The van der Waals surface area contributed by atoms with Crippen LogP contribution in [-0.4, -0.2) is 5.91 Å². The normalized spacial score (nSPS) is 10.6. The van der Waals surface area contributed by atoms with Gasteiger partial charge in [0.25, 0.3) is 5.91 Å². The smallest absolute Gasteiger partial charge is 0.259 e. The molecule has 0 saturated heterocycles. The predicted molar refractivity (Wildman–Crippen MR) is 97.7 cm³/mol. The second-order valence-corrected chi connectivity index (χ2v) is 6.03. The lowest BCUT2D eigenvalue weighted by molar-refractivity contribution is 0.102. The van der Waals surface area contributed by atoms with Crippen molar-refractivity contribution >= 4 is 23.2 Å². The molecule has 2 aromatic carbocycles. The van der Waals surface area contributed by atoms with E-state index in [0.29, 0.717) is 22.1 Å². The molecule has 24 heavy (non-hydrogen) atoms. The summed E-state index contributed by atoms with van der Waals surface area (Å²) in [6.07, 6.45) is 0.972. The summed E-state index contributed by atoms with van der Waals surface area (Å²) in [6, 6.07) is 16.9. The zero-order valence-electron chi connectivity index (χ0n) is 13.6. The molecule has 4 heteroatoms. The van der Waals surface area contributed by atoms with Crippen LogP contribution < -0.4 is 5.32 Å². The third-order valence-electron chi connectivity index (χ3n) is 3.91. The van der Waals surface area contributed by atoms with E-state index in [-0.39, 0.29) is 5.91 Å². The molecule has 0 bridgehead atoms. The number of hydrogen-bond acceptors (Lipinski definition) is 2. The Hall–Kier alpha value is -2.52. The fourth-order valence-electron chi connectivity index (χ4n) is 2.49. The molecule has 3 rings (SSSR count). The van der Waals surface area contributed by atoms with Crippen molar-refractivity contribution in [2.24, 2.45) is 0 Å². The van der Waals surface area contributed by atoms with E-state index in [9.17, 15) is 4.79 Å². The maximum atomic E-state index is 12.5. The molecular weight excluding hydrogens is 322 g/mol. The lowest BCUT2D eigenvalue weighted by Gasteiger charge is -2.05. The topological polar surface area (TPSA) is 42.2 Å². The Kier molecular flexibility index (Phi) is 4.72. The summed E-state index contributed by atoms with van der Waals surface area (Å²) in [7, 11) is 0. The fourth-order valence-corrected chi connectivity index (χ4v) is 2.61. The van der Waals surface area contributed by atoms with E-state index >= 15 is 0 Å². The van der Waals surface area contributed by atoms with Crippen LogP contribution in [0.4, 0.5) is 5.69 Å². The summed E-state index contributed by atoms with van der Waals surface area (Å²) in [5.74, 6) is 1.05. The van der Waals surface area contributed by atoms with Crippen LogP contribution in [0.5, 0.6) is 0 Å². The van der Waals surface area contributed by atoms with Gasteiger partial charge in [-0.15, -0.1) is 0 Å². The van der Waals surface area contributed by atoms with Gasteiger partial charge in [-0.2, -0.15) is 0 Å². The molecule has 0 aliphatic carbocycles. The van der Waals surface area contributed by atoms with Crippen LogP contribution in [0.15, 0.2) is 59.0 Å². The minimum atomic E-state index is -0.180. The van der Waals surface area contributed by atoms with Crippen LogP contribution in [0.25, 0.3) is 11.3 Å². The van der Waals surface area contributed by atoms with E-state index in [1.165, 1.54) is 5.56 Å². The fraction of sp³-hybridized carbons (Fsp3) is 0.150. The highest BCUT2D eigenvalue weighted by Crippen LogP contribution is 2.27. The van der Waals surface area contributed by atoms with Crippen LogP contribution in [0, 0.1) is 6.92 Å². The number of carbonyl (C=O) groups excluding carboxylic acids is 1. The number of aryl methyl sites for hydroxylation is 2. The van der Waals surface area contributed by atoms with Crippen LogP contribution >= 0.6 is 11.6 Å². The second kappa shape index (κ2) is 6.93. The zero-order valence-corrected chi connectivity index (χ0v) is 14.4. The molecule has 1 N–H and O–H groups in total. The number of amides is 1. The molecule has 1 aromatic heterocycles. The minimum absolute atomic E-state index is 0.180. The summed E-state index contributed by atoms with van der Waals surface area (Å²) < 4.78 is 5.73. The standard InChI is InChI=1S/C20H18ClNO2/c1-3-14-4-10-17(11-5-14)22-20(23)18-12-19(24-13(18)2)15-6-8-16(21)9-7-15/h4-12H,3H2,1-2H3,(H,22,23). The maximum Gasteiger partial charge on any atom is 0.259 e. The highest BCUT2D eigenvalue weighted by Gasteiger charge is 2.16. The van der Waals surface area contributed by atoms with Gasteiger partial charge >= 0.3 is 0 Å². The van der Waals surface area contributed by atoms with Crippen molar-refractivity contribution in [3.63, 3.8) is 0 Å². The molecule has 1 amide bonds. The van der Waals surface area contributed by atoms with Crippen molar-refractivity contribution < 1.29 is 9.21 Å². The monoisotopic (exact) mass is 339 g/mol. The molecule has 0 aliphatic rings. The Balaban J connectivity index is 1.81. The van der Waals surface area contributed by atoms with Crippen LogP contribution in [0.3, 0.4) is 0 Å². The first-order chi connectivity index (χ1) is 11.6. The molecule has 0 aliphatic heterocycles.